The zero-order valence-electron chi connectivity index (χ0n) is 12.3. The van der Waals surface area contributed by atoms with Crippen molar-refractivity contribution in [2.24, 2.45) is 0 Å². The smallest absolute Gasteiger partial charge is 0.251 e. The molecule has 2 amide bonds. The number of carbonyl (C=O) groups is 2. The quantitative estimate of drug-likeness (QED) is 0.731. The summed E-state index contributed by atoms with van der Waals surface area (Å²) >= 11 is 4.98. The van der Waals surface area contributed by atoms with E-state index in [1.165, 1.54) is 6.92 Å². The van der Waals surface area contributed by atoms with Crippen molar-refractivity contribution in [2.75, 3.05) is 18.5 Å². The number of hydrogen-bond acceptors (Lipinski definition) is 4. The van der Waals surface area contributed by atoms with Gasteiger partial charge >= 0.3 is 0 Å². The molecule has 0 radical (unpaired) electrons. The van der Waals surface area contributed by atoms with Crippen molar-refractivity contribution in [3.63, 3.8) is 0 Å². The summed E-state index contributed by atoms with van der Waals surface area (Å²) in [5.74, 6) is -0.410. The molecular formula is C15H19N3O3S. The Hall–Kier alpha value is -1.99. The number of ether oxygens (including phenoxy) is 1. The third kappa shape index (κ3) is 5.09. The molecule has 1 aromatic carbocycles. The molecule has 1 heterocycles. The van der Waals surface area contributed by atoms with Gasteiger partial charge in [-0.1, -0.05) is 6.07 Å². The van der Waals surface area contributed by atoms with E-state index in [2.05, 4.69) is 16.0 Å². The molecular weight excluding hydrogens is 302 g/mol. The Labute approximate surface area is 134 Å². The molecule has 3 N–H and O–H groups in total. The number of nitrogens with one attached hydrogen (secondary N) is 3. The highest BCUT2D eigenvalue weighted by Crippen LogP contribution is 2.13. The Morgan fingerprint density at radius 3 is 2.91 bits per heavy atom. The first-order valence-electron chi connectivity index (χ1n) is 7.13. The van der Waals surface area contributed by atoms with Crippen LogP contribution in [0.5, 0.6) is 0 Å². The van der Waals surface area contributed by atoms with Crippen molar-refractivity contribution >= 4 is 34.8 Å². The predicted octanol–water partition coefficient (Wildman–Crippen LogP) is 1.43. The average Bonchev–Trinajstić information content (AvgIpc) is 2.97. The van der Waals surface area contributed by atoms with Crippen molar-refractivity contribution in [3.05, 3.63) is 29.8 Å². The third-order valence-corrected chi connectivity index (χ3v) is 3.39. The molecule has 6 nitrogen and oxygen atoms in total. The zero-order chi connectivity index (χ0) is 15.9. The maximum atomic E-state index is 12.1. The van der Waals surface area contributed by atoms with Crippen LogP contribution in [0.25, 0.3) is 0 Å². The number of anilines is 1. The van der Waals surface area contributed by atoms with Gasteiger partial charge in [0.2, 0.25) is 5.91 Å². The van der Waals surface area contributed by atoms with Crippen LogP contribution in [0.4, 0.5) is 5.69 Å². The van der Waals surface area contributed by atoms with Gasteiger partial charge in [0, 0.05) is 31.3 Å². The predicted molar refractivity (Wildman–Crippen MR) is 87.8 cm³/mol. The minimum Gasteiger partial charge on any atom is -0.376 e. The largest absolute Gasteiger partial charge is 0.376 e. The number of rotatable bonds is 4. The van der Waals surface area contributed by atoms with Gasteiger partial charge in [0.05, 0.1) is 6.10 Å². The van der Waals surface area contributed by atoms with Gasteiger partial charge in [0.15, 0.2) is 5.11 Å². The molecule has 7 heteroatoms. The number of carbonyl (C=O) groups excluding carboxylic acids is 2. The molecule has 0 aliphatic carbocycles. The maximum Gasteiger partial charge on any atom is 0.251 e. The van der Waals surface area contributed by atoms with E-state index >= 15 is 0 Å². The molecule has 1 atom stereocenters. The minimum absolute atomic E-state index is 0.109. The highest BCUT2D eigenvalue weighted by molar-refractivity contribution is 7.80. The summed E-state index contributed by atoms with van der Waals surface area (Å²) in [4.78, 5) is 23.0. The van der Waals surface area contributed by atoms with Crippen LogP contribution in [0.1, 0.15) is 30.1 Å². The van der Waals surface area contributed by atoms with Crippen molar-refractivity contribution in [1.29, 1.82) is 0 Å². The molecule has 22 heavy (non-hydrogen) atoms. The summed E-state index contributed by atoms with van der Waals surface area (Å²) in [6.07, 6.45) is 2.13. The average molecular weight is 321 g/mol. The topological polar surface area (TPSA) is 79.5 Å². The lowest BCUT2D eigenvalue weighted by molar-refractivity contribution is -0.117. The fraction of sp³-hybridized carbons (Fsp3) is 0.400. The fourth-order valence-corrected chi connectivity index (χ4v) is 2.44. The number of amides is 2. The zero-order valence-corrected chi connectivity index (χ0v) is 13.2. The fourth-order valence-electron chi connectivity index (χ4n) is 2.17. The Morgan fingerprint density at radius 1 is 1.41 bits per heavy atom. The highest BCUT2D eigenvalue weighted by atomic mass is 32.1. The second-order valence-electron chi connectivity index (χ2n) is 5.06. The summed E-state index contributed by atoms with van der Waals surface area (Å²) in [6, 6.07) is 6.92. The lowest BCUT2D eigenvalue weighted by Crippen LogP contribution is -2.33. The van der Waals surface area contributed by atoms with Gasteiger partial charge < -0.3 is 20.7 Å². The lowest BCUT2D eigenvalue weighted by Gasteiger charge is -2.12. The van der Waals surface area contributed by atoms with Crippen LogP contribution >= 0.6 is 12.2 Å². The van der Waals surface area contributed by atoms with Crippen molar-refractivity contribution < 1.29 is 14.3 Å². The van der Waals surface area contributed by atoms with Gasteiger partial charge in [-0.15, -0.1) is 0 Å². The second-order valence-corrected chi connectivity index (χ2v) is 5.47. The number of hydrogen-bond donors (Lipinski definition) is 3. The van der Waals surface area contributed by atoms with E-state index in [4.69, 9.17) is 17.0 Å². The normalized spacial score (nSPS) is 16.9. The number of benzene rings is 1. The van der Waals surface area contributed by atoms with E-state index in [1.807, 2.05) is 0 Å². The van der Waals surface area contributed by atoms with Crippen molar-refractivity contribution in [2.45, 2.75) is 25.9 Å². The van der Waals surface area contributed by atoms with Gasteiger partial charge in [-0.2, -0.15) is 0 Å². The van der Waals surface area contributed by atoms with E-state index in [0.29, 0.717) is 17.8 Å². The maximum absolute atomic E-state index is 12.1. The molecule has 0 aromatic heterocycles. The van der Waals surface area contributed by atoms with Crippen LogP contribution < -0.4 is 16.0 Å². The molecule has 0 saturated carbocycles. The van der Waals surface area contributed by atoms with Crippen LogP contribution in [0.2, 0.25) is 0 Å². The molecule has 118 valence electrons. The third-order valence-electron chi connectivity index (χ3n) is 3.19. The Balaban J connectivity index is 1.90. The summed E-state index contributed by atoms with van der Waals surface area (Å²) in [7, 11) is 0. The van der Waals surface area contributed by atoms with Crippen LogP contribution in [0.3, 0.4) is 0 Å². The SMILES string of the molecule is CC(=O)NC(=S)Nc1cccc(C(=O)NC[C@@H]2CCCO2)c1. The van der Waals surface area contributed by atoms with Crippen LogP contribution in [0, 0.1) is 0 Å². The molecule has 2 rings (SSSR count). The molecule has 1 aliphatic rings. The molecule has 0 bridgehead atoms. The van der Waals surface area contributed by atoms with E-state index in [9.17, 15) is 9.59 Å². The van der Waals surface area contributed by atoms with Crippen LogP contribution in [-0.2, 0) is 9.53 Å². The van der Waals surface area contributed by atoms with Gasteiger partial charge in [0.25, 0.3) is 5.91 Å². The highest BCUT2D eigenvalue weighted by Gasteiger charge is 2.16. The summed E-state index contributed by atoms with van der Waals surface area (Å²) in [6.45, 7) is 2.66. The van der Waals surface area contributed by atoms with E-state index in [0.717, 1.165) is 19.4 Å². The Kier molecular flexibility index (Phi) is 5.85. The number of thiocarbonyl (C=S) groups is 1. The first-order valence-corrected chi connectivity index (χ1v) is 7.54. The second kappa shape index (κ2) is 7.86. The van der Waals surface area contributed by atoms with Crippen molar-refractivity contribution in [1.82, 2.24) is 10.6 Å². The molecule has 0 spiro atoms. The van der Waals surface area contributed by atoms with E-state index < -0.39 is 0 Å². The first-order chi connectivity index (χ1) is 10.5. The summed E-state index contributed by atoms with van der Waals surface area (Å²) in [5.41, 5.74) is 1.16. The minimum atomic E-state index is -0.247. The monoisotopic (exact) mass is 321 g/mol. The summed E-state index contributed by atoms with van der Waals surface area (Å²) in [5, 5.41) is 8.38. The van der Waals surface area contributed by atoms with Crippen LogP contribution in [0.15, 0.2) is 24.3 Å². The molecule has 1 saturated heterocycles. The Bertz CT molecular complexity index is 571. The lowest BCUT2D eigenvalue weighted by atomic mass is 10.2. The molecule has 1 aliphatic heterocycles. The van der Waals surface area contributed by atoms with Crippen molar-refractivity contribution in [3.8, 4) is 0 Å². The van der Waals surface area contributed by atoms with Gasteiger partial charge in [-0.25, -0.2) is 0 Å². The van der Waals surface area contributed by atoms with Crippen LogP contribution in [-0.4, -0.2) is 36.2 Å². The first kappa shape index (κ1) is 16.4. The molecule has 1 fully saturated rings. The van der Waals surface area contributed by atoms with Gasteiger partial charge in [-0.05, 0) is 43.3 Å². The standard InChI is InChI=1S/C15H19N3O3S/c1-10(19)17-15(22)18-12-5-2-4-11(8-12)14(20)16-9-13-6-3-7-21-13/h2,4-5,8,13H,3,6-7,9H2,1H3,(H,16,20)(H2,17,18,19,22)/t13-/m0/s1. The van der Waals surface area contributed by atoms with Gasteiger partial charge in [0.1, 0.15) is 0 Å². The molecule has 0 unspecified atom stereocenters. The van der Waals surface area contributed by atoms with E-state index in [-0.39, 0.29) is 23.0 Å². The van der Waals surface area contributed by atoms with Gasteiger partial charge in [-0.3, -0.25) is 9.59 Å². The Morgan fingerprint density at radius 2 is 2.23 bits per heavy atom. The summed E-state index contributed by atoms with van der Waals surface area (Å²) < 4.78 is 5.47. The van der Waals surface area contributed by atoms with E-state index in [1.54, 1.807) is 24.3 Å². The molecule has 1 aromatic rings.